The molecule has 0 heterocycles. The van der Waals surface area contributed by atoms with Gasteiger partial charge in [-0.05, 0) is 92.9 Å². The molecule has 0 saturated carbocycles. The van der Waals surface area contributed by atoms with Gasteiger partial charge in [0.1, 0.15) is 0 Å². The van der Waals surface area contributed by atoms with Crippen molar-refractivity contribution >= 4 is 55.8 Å². The van der Waals surface area contributed by atoms with E-state index in [4.69, 9.17) is 28.4 Å². The number of ether oxygens (including phenoxy) is 6. The minimum Gasteiger partial charge on any atom is -0.489 e. The lowest BCUT2D eigenvalue weighted by Crippen LogP contribution is -2.29. The van der Waals surface area contributed by atoms with Crippen molar-refractivity contribution in [2.75, 3.05) is 50.3 Å². The Morgan fingerprint density at radius 3 is 0.778 bits per heavy atom. The Morgan fingerprint density at radius 1 is 0.287 bits per heavy atom. The molecule has 0 saturated heterocycles. The molecule has 0 aromatic heterocycles. The Kier molecular flexibility index (Phi) is 47.0. The Bertz CT molecular complexity index is 3050. The van der Waals surface area contributed by atoms with Crippen LogP contribution in [0.4, 0.5) is 21.0 Å². The van der Waals surface area contributed by atoms with Gasteiger partial charge in [0, 0.05) is 37.4 Å². The van der Waals surface area contributed by atoms with Crippen molar-refractivity contribution in [1.29, 1.82) is 0 Å². The molecule has 606 valence electrons. The average Bonchev–Trinajstić information content (AvgIpc) is 0.726. The van der Waals surface area contributed by atoms with E-state index in [9.17, 15) is 9.59 Å². The highest BCUT2D eigenvalue weighted by Gasteiger charge is 2.23. The van der Waals surface area contributed by atoms with Crippen LogP contribution in [0.3, 0.4) is 0 Å². The number of carbonyl (C=O) groups excluding carboxylic acids is 2. The number of hydrogen-bond acceptors (Lipinski definition) is 8. The maximum Gasteiger partial charge on any atom is 0.319 e. The molecule has 4 amide bonds. The largest absolute Gasteiger partial charge is 0.489 e. The lowest BCUT2D eigenvalue weighted by atomic mass is 9.82. The van der Waals surface area contributed by atoms with Crippen LogP contribution in [0.5, 0.6) is 34.5 Å². The third kappa shape index (κ3) is 35.4. The number of carbonyl (C=O) groups is 2. The van der Waals surface area contributed by atoms with Gasteiger partial charge < -0.3 is 49.7 Å². The predicted octanol–water partition coefficient (Wildman–Crippen LogP) is 29.6. The van der Waals surface area contributed by atoms with Crippen LogP contribution in [0.1, 0.15) is 387 Å². The fourth-order valence-electron chi connectivity index (χ4n) is 15.0. The summed E-state index contributed by atoms with van der Waals surface area (Å²) in [7, 11) is 0. The number of unbranched alkanes of at least 4 members (excludes halogenated alkanes) is 42. The van der Waals surface area contributed by atoms with Crippen molar-refractivity contribution in [3.8, 4) is 34.5 Å². The van der Waals surface area contributed by atoms with Gasteiger partial charge in [-0.15, -0.1) is 0 Å². The molecule has 0 atom stereocenters. The van der Waals surface area contributed by atoms with Gasteiger partial charge in [-0.25, -0.2) is 9.59 Å². The Balaban J connectivity index is 1.27. The molecule has 0 aliphatic rings. The van der Waals surface area contributed by atoms with Gasteiger partial charge in [0.15, 0.2) is 23.0 Å². The molecule has 0 spiro atoms. The van der Waals surface area contributed by atoms with Crippen molar-refractivity contribution in [3.63, 3.8) is 0 Å². The number of anilines is 2. The van der Waals surface area contributed by atoms with Gasteiger partial charge >= 0.3 is 12.1 Å². The quantitative estimate of drug-likeness (QED) is 0.0219. The predicted molar refractivity (Wildman–Crippen MR) is 462 cm³/mol. The molecule has 108 heavy (non-hydrogen) atoms. The topological polar surface area (TPSA) is 138 Å². The monoisotopic (exact) mass is 1490 g/mol. The Hall–Kier alpha value is -6.30. The highest BCUT2D eigenvalue weighted by atomic mass is 16.5. The fraction of sp³-hybridized carbons (Fsp3) is 0.688. The Morgan fingerprint density at radius 2 is 0.528 bits per heavy atom. The summed E-state index contributed by atoms with van der Waals surface area (Å²) in [5.74, 6) is 3.66. The second kappa shape index (κ2) is 56.0. The Labute approximate surface area is 658 Å². The summed E-state index contributed by atoms with van der Waals surface area (Å²) in [5, 5.41) is 19.7. The summed E-state index contributed by atoms with van der Waals surface area (Å²) in [5.41, 5.74) is 4.25. The van der Waals surface area contributed by atoms with E-state index >= 15 is 0 Å². The highest BCUT2D eigenvalue weighted by molar-refractivity contribution is 6.24. The summed E-state index contributed by atoms with van der Waals surface area (Å²) in [6.07, 6.45) is 57.9. The highest BCUT2D eigenvalue weighted by Crippen LogP contribution is 2.45. The van der Waals surface area contributed by atoms with E-state index in [1.54, 1.807) is 0 Å². The van der Waals surface area contributed by atoms with Gasteiger partial charge in [-0.3, -0.25) is 0 Å². The average molecular weight is 1490 g/mol. The van der Waals surface area contributed by atoms with Gasteiger partial charge in [-0.2, -0.15) is 0 Å². The first-order valence-electron chi connectivity index (χ1n) is 44.9. The summed E-state index contributed by atoms with van der Waals surface area (Å²) in [4.78, 5) is 29.3. The number of hydrogen-bond donors (Lipinski definition) is 4. The van der Waals surface area contributed by atoms with E-state index in [1.807, 2.05) is 24.3 Å². The zero-order valence-corrected chi connectivity index (χ0v) is 70.2. The lowest BCUT2D eigenvalue weighted by molar-refractivity contribution is 0.234. The van der Waals surface area contributed by atoms with Crippen molar-refractivity contribution in [2.45, 2.75) is 389 Å². The summed E-state index contributed by atoms with van der Waals surface area (Å²) < 4.78 is 40.3. The summed E-state index contributed by atoms with van der Waals surface area (Å²) >= 11 is 0. The fourth-order valence-corrected chi connectivity index (χ4v) is 15.0. The first-order valence-corrected chi connectivity index (χ1v) is 44.9. The molecule has 0 unspecified atom stereocenters. The van der Waals surface area contributed by atoms with Gasteiger partial charge in [0.25, 0.3) is 0 Å². The number of rotatable bonds is 66. The van der Waals surface area contributed by atoms with E-state index in [2.05, 4.69) is 126 Å². The molecule has 0 fully saturated rings. The van der Waals surface area contributed by atoms with Crippen LogP contribution in [-0.2, 0) is 18.5 Å². The molecule has 0 aliphatic heterocycles. The zero-order valence-electron chi connectivity index (χ0n) is 70.2. The number of urea groups is 2. The second-order valence-corrected chi connectivity index (χ2v) is 32.5. The standard InChI is InChI=1S/C96H154N4O8/c1-10-16-22-28-34-40-46-52-62-103-86-71-82(72-87(104-63-53-47-41-35-29-23-17-11-2)92(86)107-66-56-50-44-38-32-26-20-14-5)99-94(101)97-75-79-68-80(85-61-59-78-70-81(96(7,8)9)69-77-58-60-84(79)91(85)90(77)78)76-98-95(102)100-83-73-88(105-64-54-48-42-36-30-24-18-12-3)93(108-67-57-51-45-39-33-27-21-15-6)89(74-83)106-65-55-49-43-37-31-25-19-13-4/h58-61,68-74H,10-57,62-67,75-76H2,1-9H3,(H2,97,99,101)(H2,98,100,102). The number of benzene rings is 6. The van der Waals surface area contributed by atoms with Crippen LogP contribution in [0.25, 0.3) is 32.3 Å². The SMILES string of the molecule is CCCCCCCCCCOc1cc(NC(=O)NCc2cc(CNC(=O)Nc3cc(OCCCCCCCCCC)c(OCCCCCCCCCC)c(OCCCCCCCCCC)c3)c3ccc4cc(C(C)(C)C)cc5ccc2c3c54)cc(OCCCCCCCCCC)c1OCCCCCCCCCC. The maximum absolute atomic E-state index is 14.6. The second-order valence-electron chi connectivity index (χ2n) is 32.5. The van der Waals surface area contributed by atoms with Crippen molar-refractivity contribution in [3.05, 3.63) is 83.4 Å². The minimum absolute atomic E-state index is 0.0591. The van der Waals surface area contributed by atoms with E-state index < -0.39 is 0 Å². The first kappa shape index (κ1) is 90.6. The molecule has 12 nitrogen and oxygen atoms in total. The molecular weight excluding hydrogens is 1340 g/mol. The van der Waals surface area contributed by atoms with Crippen LogP contribution in [0.15, 0.2) is 66.7 Å². The van der Waals surface area contributed by atoms with Gasteiger partial charge in [-0.1, -0.05) is 374 Å². The van der Waals surface area contributed by atoms with Crippen molar-refractivity contribution < 1.29 is 38.0 Å². The first-order chi connectivity index (χ1) is 52.9. The van der Waals surface area contributed by atoms with Crippen LogP contribution in [0.2, 0.25) is 0 Å². The molecule has 0 aliphatic carbocycles. The van der Waals surface area contributed by atoms with E-state index in [0.29, 0.717) is 85.5 Å². The van der Waals surface area contributed by atoms with E-state index in [0.717, 1.165) is 115 Å². The zero-order chi connectivity index (χ0) is 76.9. The van der Waals surface area contributed by atoms with E-state index in [-0.39, 0.29) is 30.6 Å². The van der Waals surface area contributed by atoms with E-state index in [1.165, 1.54) is 242 Å². The number of nitrogens with one attached hydrogen (secondary N) is 4. The minimum atomic E-state index is -0.350. The third-order valence-corrected chi connectivity index (χ3v) is 21.7. The van der Waals surface area contributed by atoms with Gasteiger partial charge in [0.05, 0.1) is 51.0 Å². The van der Waals surface area contributed by atoms with Crippen molar-refractivity contribution in [2.24, 2.45) is 0 Å². The molecule has 6 aromatic carbocycles. The molecule has 6 rings (SSSR count). The van der Waals surface area contributed by atoms with Crippen molar-refractivity contribution in [1.82, 2.24) is 10.6 Å². The van der Waals surface area contributed by atoms with Crippen LogP contribution < -0.4 is 49.7 Å². The molecule has 4 N–H and O–H groups in total. The van der Waals surface area contributed by atoms with Crippen LogP contribution in [-0.4, -0.2) is 51.7 Å². The van der Waals surface area contributed by atoms with Crippen LogP contribution in [0, 0.1) is 0 Å². The van der Waals surface area contributed by atoms with Crippen LogP contribution >= 0.6 is 0 Å². The molecular formula is C96H154N4O8. The summed E-state index contributed by atoms with van der Waals surface area (Å²) in [6.45, 7) is 24.2. The lowest BCUT2D eigenvalue weighted by Gasteiger charge is -2.23. The third-order valence-electron chi connectivity index (χ3n) is 21.7. The molecule has 0 radical (unpaired) electrons. The van der Waals surface area contributed by atoms with Gasteiger partial charge in [0.2, 0.25) is 11.5 Å². The molecule has 6 aromatic rings. The smallest absolute Gasteiger partial charge is 0.319 e. The molecule has 12 heteroatoms. The summed E-state index contributed by atoms with van der Waals surface area (Å²) in [6, 6.07) is 22.7. The molecule has 0 bridgehead atoms. The maximum atomic E-state index is 14.6. The normalized spacial score (nSPS) is 11.7. The number of amides is 4.